The number of carbonyl (C=O) groups excluding carboxylic acids is 1. The maximum atomic E-state index is 12.8. The van der Waals surface area contributed by atoms with Gasteiger partial charge in [0, 0.05) is 26.2 Å². The third-order valence-electron chi connectivity index (χ3n) is 4.58. The van der Waals surface area contributed by atoms with Crippen molar-refractivity contribution in [2.45, 2.75) is 31.7 Å². The monoisotopic (exact) mass is 443 g/mol. The van der Waals surface area contributed by atoms with Gasteiger partial charge in [-0.3, -0.25) is 18.7 Å². The number of aromatic nitrogens is 4. The molecule has 0 aliphatic rings. The standard InChI is InChI=1S/C21H25N5O4S/c1-5-7-15-23-18-17(20(28)26(4)21(29)25(18)3)19(24-15)31-12-16(27)22-13-8-10-14(11-9-13)30-6-2/h8-11H,5-7,12H2,1-4H3,(H,22,27). The predicted octanol–water partition coefficient (Wildman–Crippen LogP) is 2.11. The van der Waals surface area contributed by atoms with Gasteiger partial charge in [-0.15, -0.1) is 0 Å². The van der Waals surface area contributed by atoms with Crippen LogP contribution in [-0.4, -0.2) is 37.4 Å². The van der Waals surface area contributed by atoms with Crippen LogP contribution >= 0.6 is 11.8 Å². The third kappa shape index (κ3) is 4.96. The van der Waals surface area contributed by atoms with E-state index >= 15 is 0 Å². The van der Waals surface area contributed by atoms with Crippen LogP contribution in [0.25, 0.3) is 11.0 Å². The van der Waals surface area contributed by atoms with Gasteiger partial charge in [0.15, 0.2) is 5.65 Å². The van der Waals surface area contributed by atoms with Crippen molar-refractivity contribution >= 4 is 34.4 Å². The Labute approximate surface area is 183 Å². The van der Waals surface area contributed by atoms with Crippen molar-refractivity contribution in [2.24, 2.45) is 14.1 Å². The number of ether oxygens (including phenoxy) is 1. The van der Waals surface area contributed by atoms with Crippen LogP contribution in [0.4, 0.5) is 5.69 Å². The minimum absolute atomic E-state index is 0.0525. The highest BCUT2D eigenvalue weighted by Gasteiger charge is 2.18. The van der Waals surface area contributed by atoms with Gasteiger partial charge in [0.25, 0.3) is 5.56 Å². The highest BCUT2D eigenvalue weighted by molar-refractivity contribution is 8.00. The zero-order chi connectivity index (χ0) is 22.5. The Balaban J connectivity index is 1.87. The summed E-state index contributed by atoms with van der Waals surface area (Å²) in [6.07, 6.45) is 1.41. The van der Waals surface area contributed by atoms with Crippen molar-refractivity contribution in [2.75, 3.05) is 17.7 Å². The van der Waals surface area contributed by atoms with Gasteiger partial charge in [-0.05, 0) is 37.6 Å². The summed E-state index contributed by atoms with van der Waals surface area (Å²) in [5, 5.41) is 3.45. The van der Waals surface area contributed by atoms with Gasteiger partial charge in [-0.1, -0.05) is 18.7 Å². The topological polar surface area (TPSA) is 108 Å². The van der Waals surface area contributed by atoms with Crippen LogP contribution in [0.15, 0.2) is 38.9 Å². The Hall–Kier alpha value is -3.14. The normalized spacial score (nSPS) is 11.0. The average molecular weight is 444 g/mol. The molecule has 0 spiro atoms. The molecular weight excluding hydrogens is 418 g/mol. The molecule has 0 saturated heterocycles. The zero-order valence-electron chi connectivity index (χ0n) is 18.0. The number of anilines is 1. The largest absolute Gasteiger partial charge is 0.494 e. The molecule has 2 heterocycles. The first-order valence-corrected chi connectivity index (χ1v) is 11.0. The Kier molecular flexibility index (Phi) is 7.11. The number of amides is 1. The lowest BCUT2D eigenvalue weighted by molar-refractivity contribution is -0.113. The minimum Gasteiger partial charge on any atom is -0.494 e. The van der Waals surface area contributed by atoms with E-state index in [1.807, 2.05) is 13.8 Å². The van der Waals surface area contributed by atoms with Gasteiger partial charge in [-0.25, -0.2) is 14.8 Å². The second-order valence-corrected chi connectivity index (χ2v) is 7.86. The summed E-state index contributed by atoms with van der Waals surface area (Å²) in [5.74, 6) is 1.08. The summed E-state index contributed by atoms with van der Waals surface area (Å²) in [4.78, 5) is 46.5. The number of nitrogens with zero attached hydrogens (tertiary/aromatic N) is 4. The lowest BCUT2D eigenvalue weighted by Crippen LogP contribution is -2.38. The third-order valence-corrected chi connectivity index (χ3v) is 5.55. The fourth-order valence-electron chi connectivity index (χ4n) is 3.04. The van der Waals surface area contributed by atoms with Gasteiger partial charge < -0.3 is 10.1 Å². The van der Waals surface area contributed by atoms with Crippen LogP contribution in [0.3, 0.4) is 0 Å². The molecule has 1 amide bonds. The van der Waals surface area contributed by atoms with E-state index < -0.39 is 11.2 Å². The van der Waals surface area contributed by atoms with Crippen LogP contribution < -0.4 is 21.3 Å². The maximum Gasteiger partial charge on any atom is 0.332 e. The number of hydrogen-bond donors (Lipinski definition) is 1. The molecule has 1 N–H and O–H groups in total. The van der Waals surface area contributed by atoms with Crippen molar-refractivity contribution in [1.29, 1.82) is 0 Å². The van der Waals surface area contributed by atoms with E-state index in [-0.39, 0.29) is 22.7 Å². The molecule has 10 heteroatoms. The number of fused-ring (bicyclic) bond motifs is 1. The predicted molar refractivity (Wildman–Crippen MR) is 121 cm³/mol. The van der Waals surface area contributed by atoms with Crippen molar-refractivity contribution in [3.05, 3.63) is 50.9 Å². The van der Waals surface area contributed by atoms with Crippen LogP contribution in [0, 0.1) is 0 Å². The molecule has 3 aromatic rings. The van der Waals surface area contributed by atoms with Crippen LogP contribution in [0.5, 0.6) is 5.75 Å². The van der Waals surface area contributed by atoms with E-state index in [4.69, 9.17) is 4.74 Å². The first-order valence-electron chi connectivity index (χ1n) is 9.97. The molecule has 2 aromatic heterocycles. The van der Waals surface area contributed by atoms with Crippen molar-refractivity contribution < 1.29 is 9.53 Å². The van der Waals surface area contributed by atoms with Gasteiger partial charge in [0.2, 0.25) is 5.91 Å². The molecule has 0 aliphatic carbocycles. The summed E-state index contributed by atoms with van der Waals surface area (Å²) >= 11 is 1.15. The Bertz CT molecular complexity index is 1220. The fraction of sp³-hybridized carbons (Fsp3) is 0.381. The molecule has 0 atom stereocenters. The number of nitrogens with one attached hydrogen (secondary N) is 1. The van der Waals surface area contributed by atoms with Crippen LogP contribution in [-0.2, 0) is 25.3 Å². The molecule has 0 saturated carbocycles. The fourth-order valence-corrected chi connectivity index (χ4v) is 3.88. The Morgan fingerprint density at radius 2 is 1.81 bits per heavy atom. The van der Waals surface area contributed by atoms with Crippen LogP contribution in [0.1, 0.15) is 26.1 Å². The summed E-state index contributed by atoms with van der Waals surface area (Å²) in [7, 11) is 2.98. The van der Waals surface area contributed by atoms with Gasteiger partial charge in [-0.2, -0.15) is 0 Å². The highest BCUT2D eigenvalue weighted by Crippen LogP contribution is 2.23. The van der Waals surface area contributed by atoms with E-state index in [9.17, 15) is 14.4 Å². The lowest BCUT2D eigenvalue weighted by atomic mass is 10.3. The first-order chi connectivity index (χ1) is 14.8. The molecular formula is C21H25N5O4S. The quantitative estimate of drug-likeness (QED) is 0.420. The van der Waals surface area contributed by atoms with E-state index in [1.165, 1.54) is 11.6 Å². The van der Waals surface area contributed by atoms with E-state index in [0.29, 0.717) is 29.6 Å². The smallest absolute Gasteiger partial charge is 0.332 e. The molecule has 0 aliphatic heterocycles. The SMILES string of the molecule is CCCc1nc(SCC(=O)Nc2ccc(OCC)cc2)c2c(=O)n(C)c(=O)n(C)c2n1. The highest BCUT2D eigenvalue weighted by atomic mass is 32.2. The molecule has 31 heavy (non-hydrogen) atoms. The number of carbonyl (C=O) groups is 1. The molecule has 0 radical (unpaired) electrons. The van der Waals surface area contributed by atoms with Gasteiger partial charge in [0.05, 0.1) is 12.4 Å². The Morgan fingerprint density at radius 1 is 1.10 bits per heavy atom. The Morgan fingerprint density at radius 3 is 2.45 bits per heavy atom. The summed E-state index contributed by atoms with van der Waals surface area (Å²) in [5.41, 5.74) is -0.00837. The number of aryl methyl sites for hydroxylation is 2. The first kappa shape index (κ1) is 22.5. The average Bonchev–Trinajstić information content (AvgIpc) is 2.76. The summed E-state index contributed by atoms with van der Waals surface area (Å²) < 4.78 is 7.75. The van der Waals surface area contributed by atoms with Crippen molar-refractivity contribution in [3.8, 4) is 5.75 Å². The molecule has 1 aromatic carbocycles. The number of rotatable bonds is 8. The molecule has 0 fully saturated rings. The maximum absolute atomic E-state index is 12.8. The van der Waals surface area contributed by atoms with Crippen LogP contribution in [0.2, 0.25) is 0 Å². The second kappa shape index (κ2) is 9.78. The number of hydrogen-bond acceptors (Lipinski definition) is 7. The molecule has 164 valence electrons. The summed E-state index contributed by atoms with van der Waals surface area (Å²) in [6.45, 7) is 4.47. The zero-order valence-corrected chi connectivity index (χ0v) is 18.8. The van der Waals surface area contributed by atoms with Gasteiger partial charge in [0.1, 0.15) is 22.0 Å². The van der Waals surface area contributed by atoms with Crippen molar-refractivity contribution in [1.82, 2.24) is 19.1 Å². The molecule has 3 rings (SSSR count). The van der Waals surface area contributed by atoms with E-state index in [2.05, 4.69) is 15.3 Å². The van der Waals surface area contributed by atoms with E-state index in [1.54, 1.807) is 31.3 Å². The molecule has 0 unspecified atom stereocenters. The number of thioether (sulfide) groups is 1. The van der Waals surface area contributed by atoms with Crippen molar-refractivity contribution in [3.63, 3.8) is 0 Å². The lowest BCUT2D eigenvalue weighted by Gasteiger charge is -2.12. The second-order valence-electron chi connectivity index (χ2n) is 6.89. The molecule has 9 nitrogen and oxygen atoms in total. The van der Waals surface area contributed by atoms with Gasteiger partial charge >= 0.3 is 5.69 Å². The summed E-state index contributed by atoms with van der Waals surface area (Å²) in [6, 6.07) is 7.09. The van der Waals surface area contributed by atoms with E-state index in [0.717, 1.165) is 28.5 Å². The minimum atomic E-state index is -0.476. The number of benzene rings is 1. The molecule has 0 bridgehead atoms.